The number of carboxylic acids is 1. The summed E-state index contributed by atoms with van der Waals surface area (Å²) in [7, 11) is 0. The molecule has 0 bridgehead atoms. The van der Waals surface area contributed by atoms with Crippen LogP contribution in [0.4, 0.5) is 4.79 Å². The van der Waals surface area contributed by atoms with Crippen LogP contribution in [0.1, 0.15) is 56.1 Å². The van der Waals surface area contributed by atoms with Gasteiger partial charge in [0.1, 0.15) is 6.61 Å². The first kappa shape index (κ1) is 24.7. The number of nitrogens with one attached hydrogen (secondary N) is 2. The Labute approximate surface area is 204 Å². The molecule has 2 aromatic rings. The number of ether oxygens (including phenoxy) is 1. The van der Waals surface area contributed by atoms with E-state index < -0.39 is 42.1 Å². The quantitative estimate of drug-likeness (QED) is 0.450. The zero-order valence-electron chi connectivity index (χ0n) is 19.8. The van der Waals surface area contributed by atoms with Crippen molar-refractivity contribution in [2.24, 2.45) is 5.92 Å². The van der Waals surface area contributed by atoms with E-state index in [0.717, 1.165) is 41.5 Å². The van der Waals surface area contributed by atoms with Crippen LogP contribution in [0.5, 0.6) is 0 Å². The van der Waals surface area contributed by atoms with Crippen LogP contribution >= 0.6 is 0 Å². The molecule has 35 heavy (non-hydrogen) atoms. The van der Waals surface area contributed by atoms with E-state index in [2.05, 4.69) is 22.8 Å². The van der Waals surface area contributed by atoms with Gasteiger partial charge < -0.3 is 25.6 Å². The molecule has 4 atom stereocenters. The van der Waals surface area contributed by atoms with Gasteiger partial charge >= 0.3 is 12.1 Å². The van der Waals surface area contributed by atoms with Crippen LogP contribution in [0.15, 0.2) is 48.5 Å². The molecule has 2 aromatic carbocycles. The van der Waals surface area contributed by atoms with Crippen molar-refractivity contribution in [3.05, 3.63) is 59.7 Å². The van der Waals surface area contributed by atoms with Crippen molar-refractivity contribution in [2.45, 2.75) is 63.1 Å². The van der Waals surface area contributed by atoms with E-state index in [1.807, 2.05) is 36.4 Å². The Balaban J connectivity index is 1.42. The van der Waals surface area contributed by atoms with E-state index >= 15 is 0 Å². The monoisotopic (exact) mass is 480 g/mol. The van der Waals surface area contributed by atoms with E-state index in [9.17, 15) is 24.6 Å². The molecule has 8 heteroatoms. The predicted molar refractivity (Wildman–Crippen MR) is 130 cm³/mol. The second kappa shape index (κ2) is 10.9. The van der Waals surface area contributed by atoms with Crippen LogP contribution in [0, 0.1) is 5.92 Å². The predicted octanol–water partition coefficient (Wildman–Crippen LogP) is 3.42. The van der Waals surface area contributed by atoms with Gasteiger partial charge in [-0.2, -0.15) is 0 Å². The summed E-state index contributed by atoms with van der Waals surface area (Å²) in [4.78, 5) is 37.1. The average Bonchev–Trinajstić information content (AvgIpc) is 2.97. The second-order valence-electron chi connectivity index (χ2n) is 9.39. The number of aliphatic hydroxyl groups excluding tert-OH is 1. The third kappa shape index (κ3) is 5.48. The number of aliphatic hydroxyl groups is 1. The molecule has 0 spiro atoms. The van der Waals surface area contributed by atoms with Gasteiger partial charge in [-0.1, -0.05) is 67.8 Å². The third-order valence-corrected chi connectivity index (χ3v) is 7.05. The first-order chi connectivity index (χ1) is 16.9. The number of fused-ring (bicyclic) bond motifs is 3. The molecule has 2 aliphatic rings. The molecule has 0 aromatic heterocycles. The Morgan fingerprint density at radius 1 is 0.971 bits per heavy atom. The van der Waals surface area contributed by atoms with Crippen molar-refractivity contribution in [2.75, 3.05) is 6.61 Å². The van der Waals surface area contributed by atoms with Crippen molar-refractivity contribution in [1.82, 2.24) is 10.6 Å². The van der Waals surface area contributed by atoms with Gasteiger partial charge in [-0.25, -0.2) is 9.59 Å². The highest BCUT2D eigenvalue weighted by Gasteiger charge is 2.35. The molecule has 4 N–H and O–H groups in total. The third-order valence-electron chi connectivity index (χ3n) is 7.05. The van der Waals surface area contributed by atoms with E-state index in [1.54, 1.807) is 0 Å². The van der Waals surface area contributed by atoms with Gasteiger partial charge in [0.25, 0.3) is 0 Å². The van der Waals surface area contributed by atoms with Gasteiger partial charge in [-0.05, 0) is 42.0 Å². The smallest absolute Gasteiger partial charge is 0.407 e. The van der Waals surface area contributed by atoms with Crippen molar-refractivity contribution in [1.29, 1.82) is 0 Å². The van der Waals surface area contributed by atoms with Crippen LogP contribution in [0.3, 0.4) is 0 Å². The first-order valence-electron chi connectivity index (χ1n) is 12.2. The first-order valence-corrected chi connectivity index (χ1v) is 12.2. The number of carbonyl (C=O) groups is 3. The maximum absolute atomic E-state index is 12.9. The van der Waals surface area contributed by atoms with Crippen LogP contribution in [0.25, 0.3) is 11.1 Å². The van der Waals surface area contributed by atoms with Crippen LogP contribution in [-0.2, 0) is 14.3 Å². The average molecular weight is 481 g/mol. The summed E-state index contributed by atoms with van der Waals surface area (Å²) < 4.78 is 5.65. The highest BCUT2D eigenvalue weighted by Crippen LogP contribution is 2.44. The summed E-state index contributed by atoms with van der Waals surface area (Å²) in [6.45, 7) is 1.49. The number of rotatable bonds is 7. The highest BCUT2D eigenvalue weighted by atomic mass is 16.5. The molecule has 0 aliphatic heterocycles. The largest absolute Gasteiger partial charge is 0.480 e. The molecule has 0 unspecified atom stereocenters. The topological polar surface area (TPSA) is 125 Å². The number of carboxylic acid groups (broad SMARTS) is 1. The van der Waals surface area contributed by atoms with Crippen molar-refractivity contribution >= 4 is 18.0 Å². The zero-order chi connectivity index (χ0) is 24.9. The molecule has 4 rings (SSSR count). The van der Waals surface area contributed by atoms with Crippen molar-refractivity contribution in [3.63, 3.8) is 0 Å². The fourth-order valence-corrected chi connectivity index (χ4v) is 5.23. The van der Waals surface area contributed by atoms with Gasteiger partial charge in [-0.15, -0.1) is 0 Å². The molecule has 0 heterocycles. The molecule has 186 valence electrons. The van der Waals surface area contributed by atoms with Gasteiger partial charge in [-0.3, -0.25) is 4.79 Å². The Hall–Kier alpha value is -3.39. The molecule has 0 saturated heterocycles. The molecule has 2 amide bonds. The summed E-state index contributed by atoms with van der Waals surface area (Å²) in [5, 5.41) is 24.3. The van der Waals surface area contributed by atoms with Gasteiger partial charge in [0.15, 0.2) is 6.04 Å². The van der Waals surface area contributed by atoms with Gasteiger partial charge in [0, 0.05) is 12.0 Å². The van der Waals surface area contributed by atoms with Crippen LogP contribution in [0.2, 0.25) is 0 Å². The summed E-state index contributed by atoms with van der Waals surface area (Å²) in [5.41, 5.74) is 4.52. The number of benzene rings is 2. The van der Waals surface area contributed by atoms with E-state index in [4.69, 9.17) is 4.74 Å². The minimum absolute atomic E-state index is 0.0660. The molecule has 2 aliphatic carbocycles. The van der Waals surface area contributed by atoms with E-state index in [-0.39, 0.29) is 12.5 Å². The minimum atomic E-state index is -1.40. The van der Waals surface area contributed by atoms with Crippen LogP contribution in [-0.4, -0.2) is 53.0 Å². The maximum atomic E-state index is 12.9. The fraction of sp³-hybridized carbons (Fsp3) is 0.444. The SMILES string of the molecule is C[C@@H](O)[C@H](NC(=O)[C@H]1CCCCC[C@H]1NC(=O)OCC1c2ccccc2-c2ccccc21)C(=O)O. The molecule has 0 radical (unpaired) electrons. The Morgan fingerprint density at radius 2 is 1.57 bits per heavy atom. The summed E-state index contributed by atoms with van der Waals surface area (Å²) in [6, 6.07) is 14.3. The number of hydrogen-bond donors (Lipinski definition) is 4. The van der Waals surface area contributed by atoms with E-state index in [0.29, 0.717) is 12.8 Å². The summed E-state index contributed by atoms with van der Waals surface area (Å²) in [5.74, 6) is -2.45. The lowest BCUT2D eigenvalue weighted by Gasteiger charge is -2.27. The summed E-state index contributed by atoms with van der Waals surface area (Å²) >= 11 is 0. The normalized spacial score (nSPS) is 21.1. The van der Waals surface area contributed by atoms with Gasteiger partial charge in [0.05, 0.1) is 12.0 Å². The number of amides is 2. The fourth-order valence-electron chi connectivity index (χ4n) is 5.23. The number of aliphatic carboxylic acids is 1. The molecule has 1 fully saturated rings. The maximum Gasteiger partial charge on any atom is 0.407 e. The van der Waals surface area contributed by atoms with Crippen molar-refractivity contribution < 1.29 is 29.3 Å². The molecular formula is C27H32N2O6. The summed E-state index contributed by atoms with van der Waals surface area (Å²) in [6.07, 6.45) is 1.84. The van der Waals surface area contributed by atoms with Crippen molar-refractivity contribution in [3.8, 4) is 11.1 Å². The lowest BCUT2D eigenvalue weighted by Crippen LogP contribution is -2.53. The zero-order valence-corrected chi connectivity index (χ0v) is 19.8. The number of hydrogen-bond acceptors (Lipinski definition) is 5. The molecule has 8 nitrogen and oxygen atoms in total. The Kier molecular flexibility index (Phi) is 7.70. The van der Waals surface area contributed by atoms with E-state index in [1.165, 1.54) is 6.92 Å². The Bertz CT molecular complexity index is 1040. The molecular weight excluding hydrogens is 448 g/mol. The number of carbonyl (C=O) groups excluding carboxylic acids is 2. The standard InChI is InChI=1S/C27H32N2O6/c1-16(30)24(26(32)33)29-25(31)21-13-3-2-4-14-23(21)28-27(34)35-15-22-19-11-7-5-9-17(19)18-10-6-8-12-20(18)22/h5-12,16,21-24,30H,2-4,13-15H2,1H3,(H,28,34)(H,29,31)(H,32,33)/t16-,21+,23-,24+/m1/s1. The Morgan fingerprint density at radius 3 is 2.17 bits per heavy atom. The minimum Gasteiger partial charge on any atom is -0.480 e. The second-order valence-corrected chi connectivity index (χ2v) is 9.39. The molecule has 1 saturated carbocycles. The number of alkyl carbamates (subject to hydrolysis) is 1. The lowest BCUT2D eigenvalue weighted by atomic mass is 9.93. The van der Waals surface area contributed by atoms with Crippen LogP contribution < -0.4 is 10.6 Å². The highest BCUT2D eigenvalue weighted by molar-refractivity contribution is 5.86. The van der Waals surface area contributed by atoms with Gasteiger partial charge in [0.2, 0.25) is 5.91 Å². The lowest BCUT2D eigenvalue weighted by molar-refractivity contribution is -0.145.